The number of aromatic nitrogens is 3. The lowest BCUT2D eigenvalue weighted by Crippen LogP contribution is -2.35. The van der Waals surface area contributed by atoms with Crippen LogP contribution in [0, 0.1) is 6.92 Å². The van der Waals surface area contributed by atoms with Crippen molar-refractivity contribution in [3.63, 3.8) is 0 Å². The summed E-state index contributed by atoms with van der Waals surface area (Å²) in [4.78, 5) is 17.2. The highest BCUT2D eigenvalue weighted by Gasteiger charge is 2.28. The first-order valence-electron chi connectivity index (χ1n) is 11.1. The predicted octanol–water partition coefficient (Wildman–Crippen LogP) is 3.37. The van der Waals surface area contributed by atoms with E-state index in [0.717, 1.165) is 59.9 Å². The van der Waals surface area contributed by atoms with Gasteiger partial charge in [-0.05, 0) is 79.5 Å². The second-order valence-corrected chi connectivity index (χ2v) is 10.2. The third kappa shape index (κ3) is 4.26. The smallest absolute Gasteiger partial charge is 0.323 e. The second-order valence-electron chi connectivity index (χ2n) is 8.61. The number of aryl methyl sites for hydroxylation is 2. The molecule has 2 amide bonds. The van der Waals surface area contributed by atoms with Gasteiger partial charge in [-0.15, -0.1) is 0 Å². The molecule has 3 aromatic rings. The number of fused-ring (bicyclic) bond motifs is 1. The van der Waals surface area contributed by atoms with E-state index in [1.54, 1.807) is 17.1 Å². The van der Waals surface area contributed by atoms with E-state index >= 15 is 0 Å². The van der Waals surface area contributed by atoms with Crippen molar-refractivity contribution >= 4 is 28.0 Å². The maximum atomic E-state index is 12.9. The molecule has 2 aliphatic rings. The highest BCUT2D eigenvalue weighted by Crippen LogP contribution is 2.40. The van der Waals surface area contributed by atoms with Crippen LogP contribution in [0.25, 0.3) is 11.1 Å². The van der Waals surface area contributed by atoms with Gasteiger partial charge in [0, 0.05) is 20.8 Å². The van der Waals surface area contributed by atoms with Crippen molar-refractivity contribution < 1.29 is 16.1 Å². The third-order valence-electron chi connectivity index (χ3n) is 6.12. The summed E-state index contributed by atoms with van der Waals surface area (Å²) in [5, 5.41) is 10.3. The molecule has 0 radical (unpaired) electrons. The Morgan fingerprint density at radius 3 is 2.88 bits per heavy atom. The number of hydrogen-bond donors (Lipinski definition) is 3. The lowest BCUT2D eigenvalue weighted by Gasteiger charge is -2.19. The molecule has 0 unspecified atom stereocenters. The molecule has 10 nitrogen and oxygen atoms in total. The molecule has 0 aliphatic heterocycles. The number of hydrogen-bond acceptors (Lipinski definition) is 7. The van der Waals surface area contributed by atoms with Crippen molar-refractivity contribution in [2.45, 2.75) is 50.1 Å². The van der Waals surface area contributed by atoms with E-state index in [9.17, 15) is 13.2 Å². The number of pyridine rings is 1. The van der Waals surface area contributed by atoms with Crippen LogP contribution in [0.2, 0.25) is 0 Å². The first-order chi connectivity index (χ1) is 16.4. The molecule has 2 aromatic heterocycles. The number of carbonyl (C=O) groups excluding carboxylic acids is 1. The number of rotatable bonds is 6. The number of anilines is 1. The van der Waals surface area contributed by atoms with E-state index in [-0.39, 0.29) is 13.9 Å². The minimum atomic E-state index is -4.12. The van der Waals surface area contributed by atoms with Crippen molar-refractivity contribution in [1.29, 1.82) is 0 Å². The molecule has 1 fully saturated rings. The maximum absolute atomic E-state index is 12.9. The first-order valence-corrected chi connectivity index (χ1v) is 12.6. The van der Waals surface area contributed by atoms with Crippen LogP contribution in [0.5, 0.6) is 0 Å². The standard InChI is InChI=1S/C23H25N7O3S.2H2/c1-14-11-15-3-2-4-19(15)22(21(14)16-7-9-25-17(12-16)13-26-24)27-23(31)29-34(32,33)20-8-10-30(28-20)18-5-6-18;;/h7-13,18H,2-6,24H2,1H3,(H2,27,29,31);2*1H/b26-13-;;. The number of nitrogens with zero attached hydrogens (tertiary/aromatic N) is 4. The van der Waals surface area contributed by atoms with Crippen LogP contribution in [0.1, 0.15) is 50.5 Å². The van der Waals surface area contributed by atoms with Crippen molar-refractivity contribution in [2.75, 3.05) is 5.32 Å². The highest BCUT2D eigenvalue weighted by atomic mass is 32.2. The predicted molar refractivity (Wildman–Crippen MR) is 132 cm³/mol. The minimum Gasteiger partial charge on any atom is -0.323 e. The van der Waals surface area contributed by atoms with Gasteiger partial charge in [-0.3, -0.25) is 9.67 Å². The molecule has 11 heteroatoms. The second kappa shape index (κ2) is 8.56. The Hall–Kier alpha value is -3.73. The van der Waals surface area contributed by atoms with Gasteiger partial charge >= 0.3 is 6.03 Å². The number of benzene rings is 1. The third-order valence-corrected chi connectivity index (χ3v) is 7.34. The van der Waals surface area contributed by atoms with E-state index in [4.69, 9.17) is 5.84 Å². The SMILES string of the molecule is Cc1cc2c(c(NC(=O)NS(=O)(=O)c3ccn(C4CC4)n3)c1-c1ccnc(/C=N\N)c1)CCC2.[HH].[HH]. The average molecular weight is 484 g/mol. The maximum Gasteiger partial charge on any atom is 0.333 e. The molecule has 0 bridgehead atoms. The van der Waals surface area contributed by atoms with Gasteiger partial charge < -0.3 is 11.2 Å². The van der Waals surface area contributed by atoms with Crippen molar-refractivity contribution in [3.05, 3.63) is 59.0 Å². The van der Waals surface area contributed by atoms with E-state index in [2.05, 4.69) is 31.3 Å². The monoisotopic (exact) mass is 483 g/mol. The van der Waals surface area contributed by atoms with Gasteiger partial charge in [-0.1, -0.05) is 6.07 Å². The van der Waals surface area contributed by atoms with E-state index in [0.29, 0.717) is 11.4 Å². The van der Waals surface area contributed by atoms with Crippen molar-refractivity contribution in [3.8, 4) is 11.1 Å². The number of urea groups is 1. The molecule has 0 saturated heterocycles. The van der Waals surface area contributed by atoms with Crippen molar-refractivity contribution in [2.24, 2.45) is 10.9 Å². The van der Waals surface area contributed by atoms with Crippen LogP contribution in [-0.4, -0.2) is 35.4 Å². The fourth-order valence-corrected chi connectivity index (χ4v) is 5.32. The molecule has 0 spiro atoms. The fourth-order valence-electron chi connectivity index (χ4n) is 4.47. The molecule has 2 heterocycles. The molecule has 1 saturated carbocycles. The Kier molecular flexibility index (Phi) is 5.56. The zero-order chi connectivity index (χ0) is 23.9. The number of carbonyl (C=O) groups is 1. The van der Waals surface area contributed by atoms with Gasteiger partial charge in [0.05, 0.1) is 23.6 Å². The van der Waals surface area contributed by atoms with E-state index in [1.807, 2.05) is 19.1 Å². The first kappa shape index (κ1) is 22.1. The minimum absolute atomic E-state index is 0. The normalized spacial score (nSPS) is 15.4. The van der Waals surface area contributed by atoms with Crippen LogP contribution < -0.4 is 15.9 Å². The average Bonchev–Trinajstić information content (AvgIpc) is 3.30. The molecule has 4 N–H and O–H groups in total. The molecule has 5 rings (SSSR count). The molecule has 1 aromatic carbocycles. The van der Waals surface area contributed by atoms with Crippen LogP contribution in [-0.2, 0) is 22.9 Å². The summed E-state index contributed by atoms with van der Waals surface area (Å²) in [6, 6.07) is 6.59. The summed E-state index contributed by atoms with van der Waals surface area (Å²) < 4.78 is 29.3. The summed E-state index contributed by atoms with van der Waals surface area (Å²) >= 11 is 0. The Balaban J connectivity index is 0.00000180. The summed E-state index contributed by atoms with van der Waals surface area (Å²) in [6.45, 7) is 1.97. The fraction of sp³-hybridized carbons (Fsp3) is 0.304. The molecular weight excluding hydrogens is 454 g/mol. The van der Waals surface area contributed by atoms with Crippen molar-refractivity contribution in [1.82, 2.24) is 19.5 Å². The molecule has 180 valence electrons. The van der Waals surface area contributed by atoms with E-state index in [1.165, 1.54) is 12.3 Å². The number of nitrogens with one attached hydrogen (secondary N) is 2. The number of amides is 2. The Morgan fingerprint density at radius 1 is 1.29 bits per heavy atom. The highest BCUT2D eigenvalue weighted by molar-refractivity contribution is 7.90. The summed E-state index contributed by atoms with van der Waals surface area (Å²) in [5.74, 6) is 5.28. The summed E-state index contributed by atoms with van der Waals surface area (Å²) in [5.41, 5.74) is 5.93. The van der Waals surface area contributed by atoms with Crippen LogP contribution in [0.3, 0.4) is 0 Å². The quantitative estimate of drug-likeness (QED) is 0.278. The Labute approximate surface area is 200 Å². The summed E-state index contributed by atoms with van der Waals surface area (Å²) in [7, 11) is -4.12. The topological polar surface area (TPSA) is 144 Å². The molecule has 34 heavy (non-hydrogen) atoms. The van der Waals surface area contributed by atoms with Gasteiger partial charge in [0.1, 0.15) is 0 Å². The Morgan fingerprint density at radius 2 is 2.12 bits per heavy atom. The lowest BCUT2D eigenvalue weighted by molar-refractivity contribution is 0.256. The lowest BCUT2D eigenvalue weighted by atomic mass is 9.93. The number of sulfonamides is 1. The van der Waals surface area contributed by atoms with Gasteiger partial charge in [-0.25, -0.2) is 9.52 Å². The Bertz CT molecular complexity index is 1420. The molecule has 0 atom stereocenters. The van der Waals surface area contributed by atoms with Gasteiger partial charge in [0.25, 0.3) is 10.0 Å². The largest absolute Gasteiger partial charge is 0.333 e. The number of hydrazone groups is 1. The molecular formula is C23H29N7O3S. The van der Waals surface area contributed by atoms with Gasteiger partial charge in [-0.2, -0.15) is 18.6 Å². The van der Waals surface area contributed by atoms with Gasteiger partial charge in [0.2, 0.25) is 0 Å². The van der Waals surface area contributed by atoms with Crippen LogP contribution >= 0.6 is 0 Å². The number of nitrogens with two attached hydrogens (primary N) is 1. The van der Waals surface area contributed by atoms with Gasteiger partial charge in [0.15, 0.2) is 5.03 Å². The zero-order valence-electron chi connectivity index (χ0n) is 18.7. The van der Waals surface area contributed by atoms with E-state index < -0.39 is 16.1 Å². The molecule has 2 aliphatic carbocycles. The summed E-state index contributed by atoms with van der Waals surface area (Å²) in [6.07, 6.45) is 9.33. The zero-order valence-corrected chi connectivity index (χ0v) is 19.5. The van der Waals surface area contributed by atoms with Crippen LogP contribution in [0.4, 0.5) is 10.5 Å². The van der Waals surface area contributed by atoms with Crippen LogP contribution in [0.15, 0.2) is 46.8 Å².